The van der Waals surface area contributed by atoms with Crippen molar-refractivity contribution in [1.29, 1.82) is 0 Å². The monoisotopic (exact) mass is 321 g/mol. The summed E-state index contributed by atoms with van der Waals surface area (Å²) in [7, 11) is 0. The van der Waals surface area contributed by atoms with E-state index in [2.05, 4.69) is 28.5 Å². The van der Waals surface area contributed by atoms with Gasteiger partial charge in [0.25, 0.3) is 5.69 Å². The van der Waals surface area contributed by atoms with E-state index in [0.29, 0.717) is 0 Å². The molecule has 1 aromatic rings. The first-order valence-corrected chi connectivity index (χ1v) is 8.28. The number of nitrogens with zero attached hydrogens (tertiary/aromatic N) is 4. The third-order valence-electron chi connectivity index (χ3n) is 4.57. The maximum atomic E-state index is 10.8. The third-order valence-corrected chi connectivity index (χ3v) is 4.57. The fourth-order valence-electron chi connectivity index (χ4n) is 2.96. The molecule has 1 heterocycles. The molecule has 0 spiro atoms. The number of rotatable bonds is 7. The second-order valence-corrected chi connectivity index (χ2v) is 5.86. The lowest BCUT2D eigenvalue weighted by molar-refractivity contribution is -0.383. The summed E-state index contributed by atoms with van der Waals surface area (Å²) in [6, 6.07) is 5.00. The predicted octanol–water partition coefficient (Wildman–Crippen LogP) is 1.64. The van der Waals surface area contributed by atoms with Crippen LogP contribution in [0, 0.1) is 10.1 Å². The molecule has 23 heavy (non-hydrogen) atoms. The van der Waals surface area contributed by atoms with Gasteiger partial charge >= 0.3 is 0 Å². The molecule has 7 nitrogen and oxygen atoms in total. The van der Waals surface area contributed by atoms with Crippen LogP contribution in [-0.2, 0) is 0 Å². The van der Waals surface area contributed by atoms with Gasteiger partial charge in [-0.15, -0.1) is 0 Å². The molecule has 0 bridgehead atoms. The first-order valence-electron chi connectivity index (χ1n) is 8.28. The van der Waals surface area contributed by atoms with Crippen molar-refractivity contribution < 1.29 is 4.92 Å². The average molecular weight is 321 g/mol. The van der Waals surface area contributed by atoms with Crippen molar-refractivity contribution in [3.63, 3.8) is 0 Å². The van der Waals surface area contributed by atoms with Crippen LogP contribution in [0.1, 0.15) is 13.8 Å². The molecule has 0 amide bonds. The van der Waals surface area contributed by atoms with Gasteiger partial charge in [-0.3, -0.25) is 15.0 Å². The third kappa shape index (κ3) is 4.56. The van der Waals surface area contributed by atoms with Gasteiger partial charge in [0.15, 0.2) is 0 Å². The van der Waals surface area contributed by atoms with E-state index < -0.39 is 4.92 Å². The summed E-state index contributed by atoms with van der Waals surface area (Å²) in [5.41, 5.74) is 6.96. The van der Waals surface area contributed by atoms with Crippen molar-refractivity contribution in [2.24, 2.45) is 0 Å². The topological polar surface area (TPSA) is 78.9 Å². The smallest absolute Gasteiger partial charge is 0.292 e. The maximum absolute atomic E-state index is 10.8. The highest BCUT2D eigenvalue weighted by atomic mass is 16.6. The molecule has 0 unspecified atom stereocenters. The fraction of sp³-hybridized carbons (Fsp3) is 0.625. The Balaban J connectivity index is 1.87. The summed E-state index contributed by atoms with van der Waals surface area (Å²) >= 11 is 0. The van der Waals surface area contributed by atoms with Crippen molar-refractivity contribution in [3.8, 4) is 0 Å². The van der Waals surface area contributed by atoms with Gasteiger partial charge in [0, 0.05) is 51.0 Å². The van der Waals surface area contributed by atoms with Crippen LogP contribution in [0.4, 0.5) is 17.1 Å². The van der Waals surface area contributed by atoms with Crippen LogP contribution in [0.25, 0.3) is 0 Å². The molecule has 0 saturated carbocycles. The summed E-state index contributed by atoms with van der Waals surface area (Å²) in [5, 5.41) is 10.8. The first kappa shape index (κ1) is 17.5. The van der Waals surface area contributed by atoms with E-state index in [-0.39, 0.29) is 11.4 Å². The fourth-order valence-corrected chi connectivity index (χ4v) is 2.96. The Morgan fingerprint density at radius 2 is 1.87 bits per heavy atom. The normalized spacial score (nSPS) is 16.0. The van der Waals surface area contributed by atoms with Crippen molar-refractivity contribution in [2.75, 3.05) is 63.0 Å². The molecule has 2 rings (SSSR count). The zero-order valence-electron chi connectivity index (χ0n) is 14.1. The highest BCUT2D eigenvalue weighted by molar-refractivity contribution is 5.66. The Morgan fingerprint density at radius 1 is 1.22 bits per heavy atom. The molecule has 0 aliphatic carbocycles. The molecule has 1 aromatic carbocycles. The zero-order chi connectivity index (χ0) is 16.8. The molecule has 1 fully saturated rings. The standard InChI is InChI=1S/C16H27N5O2/c1-3-18(4-2)7-8-19-9-11-20(12-10-19)14-5-6-16(21(22)23)15(17)13-14/h5-6,13H,3-4,7-12,17H2,1-2H3. The molecule has 0 atom stereocenters. The molecule has 1 aliphatic rings. The van der Waals surface area contributed by atoms with Crippen LogP contribution >= 0.6 is 0 Å². The lowest BCUT2D eigenvalue weighted by Crippen LogP contribution is -2.48. The highest BCUT2D eigenvalue weighted by Gasteiger charge is 2.19. The van der Waals surface area contributed by atoms with E-state index in [1.165, 1.54) is 6.07 Å². The van der Waals surface area contributed by atoms with Crippen molar-refractivity contribution in [3.05, 3.63) is 28.3 Å². The highest BCUT2D eigenvalue weighted by Crippen LogP contribution is 2.27. The Morgan fingerprint density at radius 3 is 2.39 bits per heavy atom. The minimum Gasteiger partial charge on any atom is -0.393 e. The first-order chi connectivity index (χ1) is 11.0. The summed E-state index contributed by atoms with van der Waals surface area (Å²) in [5.74, 6) is 0. The van der Waals surface area contributed by atoms with Crippen LogP contribution in [0.2, 0.25) is 0 Å². The number of nitro groups is 1. The molecule has 128 valence electrons. The Kier molecular flexibility index (Phi) is 6.18. The van der Waals surface area contributed by atoms with E-state index in [4.69, 9.17) is 5.73 Å². The second kappa shape index (κ2) is 8.12. The Labute approximate surface area is 137 Å². The van der Waals surface area contributed by atoms with Crippen molar-refractivity contribution >= 4 is 17.1 Å². The van der Waals surface area contributed by atoms with Crippen LogP contribution in [-0.4, -0.2) is 67.1 Å². The number of benzene rings is 1. The molecule has 0 aromatic heterocycles. The molecule has 1 aliphatic heterocycles. The second-order valence-electron chi connectivity index (χ2n) is 5.86. The predicted molar refractivity (Wildman–Crippen MR) is 93.9 cm³/mol. The van der Waals surface area contributed by atoms with Gasteiger partial charge in [0.2, 0.25) is 0 Å². The van der Waals surface area contributed by atoms with E-state index >= 15 is 0 Å². The summed E-state index contributed by atoms with van der Waals surface area (Å²) in [4.78, 5) is 17.5. The van der Waals surface area contributed by atoms with Crippen LogP contribution in [0.5, 0.6) is 0 Å². The van der Waals surface area contributed by atoms with Gasteiger partial charge in [0.05, 0.1) is 4.92 Å². The van der Waals surface area contributed by atoms with Gasteiger partial charge in [-0.05, 0) is 25.2 Å². The Hall–Kier alpha value is -1.86. The van der Waals surface area contributed by atoms with Gasteiger partial charge in [0.1, 0.15) is 5.69 Å². The number of hydrogen-bond acceptors (Lipinski definition) is 6. The van der Waals surface area contributed by atoms with Gasteiger partial charge in [-0.2, -0.15) is 0 Å². The van der Waals surface area contributed by atoms with Crippen LogP contribution in [0.3, 0.4) is 0 Å². The lowest BCUT2D eigenvalue weighted by atomic mass is 10.2. The minimum absolute atomic E-state index is 0.0217. The van der Waals surface area contributed by atoms with Crippen molar-refractivity contribution in [2.45, 2.75) is 13.8 Å². The number of likely N-dealkylation sites (N-methyl/N-ethyl adjacent to an activating group) is 1. The SMILES string of the molecule is CCN(CC)CCN1CCN(c2ccc([N+](=O)[O-])c(N)c2)CC1. The Bertz CT molecular complexity index is 525. The number of hydrogen-bond donors (Lipinski definition) is 1. The van der Waals surface area contributed by atoms with Gasteiger partial charge < -0.3 is 15.5 Å². The van der Waals surface area contributed by atoms with Crippen LogP contribution < -0.4 is 10.6 Å². The summed E-state index contributed by atoms with van der Waals surface area (Å²) in [6.45, 7) is 12.7. The average Bonchev–Trinajstić information content (AvgIpc) is 2.56. The molecular weight excluding hydrogens is 294 g/mol. The number of piperazine rings is 1. The van der Waals surface area contributed by atoms with Gasteiger partial charge in [-0.1, -0.05) is 13.8 Å². The van der Waals surface area contributed by atoms with Gasteiger partial charge in [-0.25, -0.2) is 0 Å². The van der Waals surface area contributed by atoms with Crippen molar-refractivity contribution in [1.82, 2.24) is 9.80 Å². The molecule has 7 heteroatoms. The number of nitrogens with two attached hydrogens (primary N) is 1. The zero-order valence-corrected chi connectivity index (χ0v) is 14.1. The van der Waals surface area contributed by atoms with E-state index in [1.807, 2.05) is 0 Å². The maximum Gasteiger partial charge on any atom is 0.292 e. The molecule has 1 saturated heterocycles. The van der Waals surface area contributed by atoms with Crippen LogP contribution in [0.15, 0.2) is 18.2 Å². The number of nitro benzene ring substituents is 1. The van der Waals surface area contributed by atoms with E-state index in [1.54, 1.807) is 12.1 Å². The molecular formula is C16H27N5O2. The molecule has 2 N–H and O–H groups in total. The summed E-state index contributed by atoms with van der Waals surface area (Å²) in [6.07, 6.45) is 0. The quantitative estimate of drug-likeness (QED) is 0.467. The minimum atomic E-state index is -0.440. The van der Waals surface area contributed by atoms with E-state index in [0.717, 1.165) is 58.0 Å². The summed E-state index contributed by atoms with van der Waals surface area (Å²) < 4.78 is 0. The molecule has 0 radical (unpaired) electrons. The van der Waals surface area contributed by atoms with E-state index in [9.17, 15) is 10.1 Å². The number of nitrogen functional groups attached to an aromatic ring is 1. The number of anilines is 2. The largest absolute Gasteiger partial charge is 0.393 e. The lowest BCUT2D eigenvalue weighted by Gasteiger charge is -2.37.